The van der Waals surface area contributed by atoms with Crippen molar-refractivity contribution in [2.75, 3.05) is 18.0 Å². The number of para-hydroxylation sites is 1. The molecule has 0 amide bonds. The maximum absolute atomic E-state index is 5.03. The molecule has 2 nitrogen and oxygen atoms in total. The number of fused-ring (bicyclic) bond motifs is 9. The van der Waals surface area contributed by atoms with Crippen LogP contribution in [0.5, 0.6) is 0 Å². The fraction of sp³-hybridized carbons (Fsp3) is 0.104. The molecule has 0 saturated heterocycles. The number of anilines is 1. The summed E-state index contributed by atoms with van der Waals surface area (Å²) in [6.45, 7) is 6.40. The highest BCUT2D eigenvalue weighted by molar-refractivity contribution is 6.29. The van der Waals surface area contributed by atoms with E-state index < -0.39 is 0 Å². The molecule has 0 aromatic heterocycles. The van der Waals surface area contributed by atoms with Crippen LogP contribution in [0.25, 0.3) is 65.7 Å². The Labute approximate surface area is 293 Å². The monoisotopic (exact) mass is 640 g/mol. The summed E-state index contributed by atoms with van der Waals surface area (Å²) in [4.78, 5) is 7.38. The third-order valence-electron chi connectivity index (χ3n) is 11.1. The first kappa shape index (κ1) is 29.0. The molecule has 0 unspecified atom stereocenters. The molecule has 0 bridgehead atoms. The molecule has 0 fully saturated rings. The van der Waals surface area contributed by atoms with Gasteiger partial charge in [-0.3, -0.25) is 4.99 Å². The smallest absolute Gasteiger partial charge is 0.135 e. The standard InChI is InChI=1S/C48H36N2/c1-48(2)43-24-11-10-22-40(43)46-35(23-13-25-44(46)48)33-29-41(45-39-21-9-8-19-37(39)36-18-6-7-20-38(36)42(45)30-33)31-14-12-15-32(28-31)47-49-26-27-50(47)34-16-4-3-5-17-34/h3-25,28-30H,26-27H2,1-2H3. The third kappa shape index (κ3) is 4.25. The summed E-state index contributed by atoms with van der Waals surface area (Å²) in [5, 5.41) is 7.71. The van der Waals surface area contributed by atoms with Gasteiger partial charge in [0.1, 0.15) is 5.84 Å². The average molecular weight is 641 g/mol. The predicted octanol–water partition coefficient (Wildman–Crippen LogP) is 12.1. The van der Waals surface area contributed by atoms with Crippen molar-refractivity contribution in [3.8, 4) is 33.4 Å². The van der Waals surface area contributed by atoms with E-state index in [-0.39, 0.29) is 5.41 Å². The molecule has 1 aliphatic carbocycles. The average Bonchev–Trinajstić information content (AvgIpc) is 3.76. The minimum atomic E-state index is -0.0640. The zero-order valence-corrected chi connectivity index (χ0v) is 28.3. The second-order valence-corrected chi connectivity index (χ2v) is 14.2. The van der Waals surface area contributed by atoms with E-state index in [1.807, 2.05) is 0 Å². The summed E-state index contributed by atoms with van der Waals surface area (Å²) in [7, 11) is 0. The van der Waals surface area contributed by atoms with Gasteiger partial charge in [0.2, 0.25) is 0 Å². The second-order valence-electron chi connectivity index (χ2n) is 14.2. The lowest BCUT2D eigenvalue weighted by molar-refractivity contribution is 0.660. The molecule has 0 spiro atoms. The quantitative estimate of drug-likeness (QED) is 0.175. The number of aliphatic imine (C=N–C) groups is 1. The van der Waals surface area contributed by atoms with Crippen molar-refractivity contribution in [1.29, 1.82) is 0 Å². The Kier molecular flexibility index (Phi) is 6.38. The first-order valence-electron chi connectivity index (χ1n) is 17.7. The zero-order chi connectivity index (χ0) is 33.4. The lowest BCUT2D eigenvalue weighted by Gasteiger charge is -2.22. The van der Waals surface area contributed by atoms with E-state index in [2.05, 4.69) is 176 Å². The molecule has 50 heavy (non-hydrogen) atoms. The van der Waals surface area contributed by atoms with Crippen molar-refractivity contribution in [3.05, 3.63) is 174 Å². The maximum atomic E-state index is 5.03. The van der Waals surface area contributed by atoms with Crippen LogP contribution in [0.1, 0.15) is 30.5 Å². The lowest BCUT2D eigenvalue weighted by Crippen LogP contribution is -2.28. The highest BCUT2D eigenvalue weighted by Gasteiger charge is 2.36. The minimum Gasteiger partial charge on any atom is -0.324 e. The van der Waals surface area contributed by atoms with Gasteiger partial charge in [-0.2, -0.15) is 0 Å². The highest BCUT2D eigenvalue weighted by atomic mass is 15.2. The molecule has 2 aliphatic rings. The Bertz CT molecular complexity index is 2680. The van der Waals surface area contributed by atoms with Crippen LogP contribution in [-0.2, 0) is 5.41 Å². The van der Waals surface area contributed by atoms with Crippen LogP contribution >= 0.6 is 0 Å². The molecular formula is C48H36N2. The summed E-state index contributed by atoms with van der Waals surface area (Å²) in [5.41, 5.74) is 12.7. The molecular weight excluding hydrogens is 605 g/mol. The molecule has 0 atom stereocenters. The molecule has 0 N–H and O–H groups in total. The SMILES string of the molecule is CC1(C)c2ccccc2-c2c(-c3cc(-c4cccc(C5=NCCN5c5ccccc5)c4)c4c5ccccc5c5ccccc5c4c3)cccc21. The topological polar surface area (TPSA) is 15.6 Å². The largest absolute Gasteiger partial charge is 0.324 e. The van der Waals surface area contributed by atoms with Gasteiger partial charge < -0.3 is 4.90 Å². The van der Waals surface area contributed by atoms with Gasteiger partial charge in [-0.1, -0.05) is 141 Å². The Morgan fingerprint density at radius 1 is 0.480 bits per heavy atom. The van der Waals surface area contributed by atoms with Crippen LogP contribution in [0.3, 0.4) is 0 Å². The van der Waals surface area contributed by atoms with Gasteiger partial charge in [0.05, 0.1) is 6.54 Å². The number of nitrogens with zero attached hydrogens (tertiary/aromatic N) is 2. The Morgan fingerprint density at radius 2 is 1.10 bits per heavy atom. The van der Waals surface area contributed by atoms with Gasteiger partial charge in [0, 0.05) is 23.2 Å². The van der Waals surface area contributed by atoms with E-state index in [0.717, 1.165) is 24.5 Å². The molecule has 10 rings (SSSR count). The van der Waals surface area contributed by atoms with Crippen molar-refractivity contribution in [3.63, 3.8) is 0 Å². The number of amidine groups is 1. The first-order valence-corrected chi connectivity index (χ1v) is 17.7. The zero-order valence-electron chi connectivity index (χ0n) is 28.3. The summed E-state index contributed by atoms with van der Waals surface area (Å²) in [6.07, 6.45) is 0. The van der Waals surface area contributed by atoms with Gasteiger partial charge in [0.25, 0.3) is 0 Å². The van der Waals surface area contributed by atoms with Gasteiger partial charge in [-0.05, 0) is 107 Å². The number of benzene rings is 8. The summed E-state index contributed by atoms with van der Waals surface area (Å²) < 4.78 is 0. The predicted molar refractivity (Wildman–Crippen MR) is 213 cm³/mol. The minimum absolute atomic E-state index is 0.0640. The molecule has 1 aliphatic heterocycles. The van der Waals surface area contributed by atoms with E-state index >= 15 is 0 Å². The van der Waals surface area contributed by atoms with Crippen LogP contribution in [0.15, 0.2) is 163 Å². The highest BCUT2D eigenvalue weighted by Crippen LogP contribution is 2.53. The van der Waals surface area contributed by atoms with Gasteiger partial charge in [-0.15, -0.1) is 0 Å². The van der Waals surface area contributed by atoms with Gasteiger partial charge >= 0.3 is 0 Å². The van der Waals surface area contributed by atoms with E-state index in [1.165, 1.54) is 82.5 Å². The Balaban J connectivity index is 1.27. The Hall–Kier alpha value is -5.99. The van der Waals surface area contributed by atoms with Crippen LogP contribution in [0, 0.1) is 0 Å². The summed E-state index contributed by atoms with van der Waals surface area (Å²) >= 11 is 0. The number of rotatable bonds is 4. The summed E-state index contributed by atoms with van der Waals surface area (Å²) in [6, 6.07) is 58.3. The van der Waals surface area contributed by atoms with Crippen LogP contribution in [0.4, 0.5) is 5.69 Å². The van der Waals surface area contributed by atoms with E-state index in [9.17, 15) is 0 Å². The molecule has 1 heterocycles. The van der Waals surface area contributed by atoms with Gasteiger partial charge in [0.15, 0.2) is 0 Å². The van der Waals surface area contributed by atoms with Crippen LogP contribution in [0.2, 0.25) is 0 Å². The van der Waals surface area contributed by atoms with Crippen molar-refractivity contribution in [2.24, 2.45) is 4.99 Å². The van der Waals surface area contributed by atoms with Crippen molar-refractivity contribution in [2.45, 2.75) is 19.3 Å². The Morgan fingerprint density at radius 3 is 1.92 bits per heavy atom. The number of hydrogen-bond acceptors (Lipinski definition) is 2. The summed E-state index contributed by atoms with van der Waals surface area (Å²) in [5.74, 6) is 1.04. The molecule has 0 saturated carbocycles. The third-order valence-corrected chi connectivity index (χ3v) is 11.1. The number of hydrogen-bond donors (Lipinski definition) is 0. The first-order chi connectivity index (χ1) is 24.6. The normalized spacial score (nSPS) is 14.7. The van der Waals surface area contributed by atoms with Crippen molar-refractivity contribution >= 4 is 43.8 Å². The van der Waals surface area contributed by atoms with Gasteiger partial charge in [-0.25, -0.2) is 0 Å². The molecule has 238 valence electrons. The fourth-order valence-electron chi connectivity index (χ4n) is 8.79. The fourth-order valence-corrected chi connectivity index (χ4v) is 8.79. The molecule has 8 aromatic carbocycles. The second kappa shape index (κ2) is 11.0. The maximum Gasteiger partial charge on any atom is 0.135 e. The molecule has 0 radical (unpaired) electrons. The lowest BCUT2D eigenvalue weighted by atomic mass is 9.81. The van der Waals surface area contributed by atoms with Crippen molar-refractivity contribution < 1.29 is 0 Å². The van der Waals surface area contributed by atoms with E-state index in [1.54, 1.807) is 0 Å². The van der Waals surface area contributed by atoms with E-state index in [4.69, 9.17) is 4.99 Å². The van der Waals surface area contributed by atoms with Crippen LogP contribution in [-0.4, -0.2) is 18.9 Å². The molecule has 8 aromatic rings. The van der Waals surface area contributed by atoms with Crippen LogP contribution < -0.4 is 4.90 Å². The molecule has 2 heteroatoms. The van der Waals surface area contributed by atoms with E-state index in [0.29, 0.717) is 0 Å². The van der Waals surface area contributed by atoms with Crippen molar-refractivity contribution in [1.82, 2.24) is 0 Å².